The molecule has 3 N–H and O–H groups in total. The van der Waals surface area contributed by atoms with Crippen molar-refractivity contribution in [3.8, 4) is 0 Å². The van der Waals surface area contributed by atoms with E-state index in [0.29, 0.717) is 0 Å². The SMILES string of the molecule is OCCN1CCN(C(=S)Nc2ccc(Nc3ccccc3)cc2)CC1. The number of hydrogen-bond acceptors (Lipinski definition) is 4. The van der Waals surface area contributed by atoms with Gasteiger partial charge in [0.15, 0.2) is 5.11 Å². The third-order valence-electron chi connectivity index (χ3n) is 4.27. The van der Waals surface area contributed by atoms with Gasteiger partial charge in [-0.1, -0.05) is 18.2 Å². The number of anilines is 3. The molecular weight excluding hydrogens is 332 g/mol. The highest BCUT2D eigenvalue weighted by molar-refractivity contribution is 7.80. The molecule has 3 rings (SSSR count). The first-order valence-corrected chi connectivity index (χ1v) is 8.97. The van der Waals surface area contributed by atoms with Crippen LogP contribution < -0.4 is 10.6 Å². The second-order valence-corrected chi connectivity index (χ2v) is 6.44. The lowest BCUT2D eigenvalue weighted by molar-refractivity contribution is 0.148. The third-order valence-corrected chi connectivity index (χ3v) is 4.63. The zero-order valence-electron chi connectivity index (χ0n) is 14.2. The minimum atomic E-state index is 0.214. The van der Waals surface area contributed by atoms with Crippen molar-refractivity contribution < 1.29 is 5.11 Å². The van der Waals surface area contributed by atoms with Crippen LogP contribution in [0.1, 0.15) is 0 Å². The van der Waals surface area contributed by atoms with Crippen LogP contribution in [-0.4, -0.2) is 59.3 Å². The van der Waals surface area contributed by atoms with Crippen molar-refractivity contribution in [2.75, 3.05) is 50.0 Å². The number of benzene rings is 2. The molecular formula is C19H24N4OS. The smallest absolute Gasteiger partial charge is 0.173 e. The summed E-state index contributed by atoms with van der Waals surface area (Å²) in [4.78, 5) is 4.43. The van der Waals surface area contributed by atoms with E-state index in [1.807, 2.05) is 54.6 Å². The van der Waals surface area contributed by atoms with Crippen LogP contribution in [0, 0.1) is 0 Å². The fraction of sp³-hybridized carbons (Fsp3) is 0.316. The summed E-state index contributed by atoms with van der Waals surface area (Å²) >= 11 is 5.53. The van der Waals surface area contributed by atoms with Crippen LogP contribution >= 0.6 is 12.2 Å². The minimum absolute atomic E-state index is 0.214. The number of aliphatic hydroxyl groups excluding tert-OH is 1. The van der Waals surface area contributed by atoms with E-state index < -0.39 is 0 Å². The Bertz CT molecular complexity index is 670. The van der Waals surface area contributed by atoms with E-state index in [0.717, 1.165) is 54.9 Å². The highest BCUT2D eigenvalue weighted by Crippen LogP contribution is 2.19. The summed E-state index contributed by atoms with van der Waals surface area (Å²) < 4.78 is 0. The van der Waals surface area contributed by atoms with E-state index in [9.17, 15) is 0 Å². The number of β-amino-alcohol motifs (C(OH)–C–C–N with tert-alkyl or cyclic N) is 1. The number of rotatable bonds is 5. The molecule has 0 aromatic heterocycles. The van der Waals surface area contributed by atoms with Gasteiger partial charge in [0, 0.05) is 49.8 Å². The first kappa shape index (κ1) is 17.7. The van der Waals surface area contributed by atoms with Crippen LogP contribution in [0.4, 0.5) is 17.1 Å². The number of para-hydroxylation sites is 1. The molecule has 2 aromatic carbocycles. The number of nitrogens with zero attached hydrogens (tertiary/aromatic N) is 2. The Kier molecular flexibility index (Phi) is 6.22. The molecule has 0 bridgehead atoms. The lowest BCUT2D eigenvalue weighted by Crippen LogP contribution is -2.50. The van der Waals surface area contributed by atoms with Gasteiger partial charge in [-0.2, -0.15) is 0 Å². The molecule has 1 aliphatic heterocycles. The molecule has 25 heavy (non-hydrogen) atoms. The molecule has 2 aromatic rings. The average Bonchev–Trinajstić information content (AvgIpc) is 2.65. The summed E-state index contributed by atoms with van der Waals surface area (Å²) in [5.41, 5.74) is 3.10. The van der Waals surface area contributed by atoms with Gasteiger partial charge in [-0.25, -0.2) is 0 Å². The van der Waals surface area contributed by atoms with Gasteiger partial charge in [-0.3, -0.25) is 4.90 Å². The van der Waals surface area contributed by atoms with Gasteiger partial charge in [-0.15, -0.1) is 0 Å². The maximum atomic E-state index is 9.01. The van der Waals surface area contributed by atoms with Crippen molar-refractivity contribution in [1.29, 1.82) is 0 Å². The van der Waals surface area contributed by atoms with Crippen LogP contribution in [0.5, 0.6) is 0 Å². The number of aliphatic hydroxyl groups is 1. The van der Waals surface area contributed by atoms with Crippen molar-refractivity contribution in [3.63, 3.8) is 0 Å². The lowest BCUT2D eigenvalue weighted by atomic mass is 10.2. The first-order chi connectivity index (χ1) is 12.2. The van der Waals surface area contributed by atoms with Crippen LogP contribution in [0.2, 0.25) is 0 Å². The number of piperazine rings is 1. The molecule has 6 heteroatoms. The van der Waals surface area contributed by atoms with Crippen molar-refractivity contribution in [2.24, 2.45) is 0 Å². The monoisotopic (exact) mass is 356 g/mol. The second-order valence-electron chi connectivity index (χ2n) is 6.05. The highest BCUT2D eigenvalue weighted by atomic mass is 32.1. The summed E-state index contributed by atoms with van der Waals surface area (Å²) in [6.45, 7) is 4.60. The van der Waals surface area contributed by atoms with Gasteiger partial charge in [-0.05, 0) is 48.6 Å². The molecule has 0 saturated carbocycles. The fourth-order valence-electron chi connectivity index (χ4n) is 2.84. The predicted molar refractivity (Wildman–Crippen MR) is 107 cm³/mol. The largest absolute Gasteiger partial charge is 0.395 e. The first-order valence-electron chi connectivity index (χ1n) is 8.56. The molecule has 0 aliphatic carbocycles. The molecule has 1 heterocycles. The van der Waals surface area contributed by atoms with Gasteiger partial charge in [0.1, 0.15) is 0 Å². The Balaban J connectivity index is 1.50. The maximum absolute atomic E-state index is 9.01. The predicted octanol–water partition coefficient (Wildman–Crippen LogP) is 2.74. The molecule has 0 atom stereocenters. The molecule has 0 unspecified atom stereocenters. The van der Waals surface area contributed by atoms with Crippen molar-refractivity contribution >= 4 is 34.4 Å². The molecule has 1 fully saturated rings. The Morgan fingerprint density at radius 2 is 1.48 bits per heavy atom. The van der Waals surface area contributed by atoms with E-state index in [-0.39, 0.29) is 6.61 Å². The van der Waals surface area contributed by atoms with E-state index in [4.69, 9.17) is 17.3 Å². The van der Waals surface area contributed by atoms with E-state index >= 15 is 0 Å². The van der Waals surface area contributed by atoms with Crippen molar-refractivity contribution in [1.82, 2.24) is 9.80 Å². The Labute approximate surface area is 154 Å². The highest BCUT2D eigenvalue weighted by Gasteiger charge is 2.18. The summed E-state index contributed by atoms with van der Waals surface area (Å²) in [6.07, 6.45) is 0. The summed E-state index contributed by atoms with van der Waals surface area (Å²) in [5, 5.41) is 16.4. The number of nitrogens with one attached hydrogen (secondary N) is 2. The zero-order valence-corrected chi connectivity index (χ0v) is 15.0. The van der Waals surface area contributed by atoms with Crippen LogP contribution in [-0.2, 0) is 0 Å². The summed E-state index contributed by atoms with van der Waals surface area (Å²) in [7, 11) is 0. The third kappa shape index (κ3) is 5.16. The van der Waals surface area contributed by atoms with Crippen molar-refractivity contribution in [2.45, 2.75) is 0 Å². The number of thiocarbonyl (C=S) groups is 1. The van der Waals surface area contributed by atoms with Crippen molar-refractivity contribution in [3.05, 3.63) is 54.6 Å². The molecule has 132 valence electrons. The molecule has 0 amide bonds. The van der Waals surface area contributed by atoms with E-state index in [1.54, 1.807) is 0 Å². The topological polar surface area (TPSA) is 50.8 Å². The molecule has 0 radical (unpaired) electrons. The van der Waals surface area contributed by atoms with Gasteiger partial charge in [0.25, 0.3) is 0 Å². The standard InChI is InChI=1S/C19H24N4OS/c24-15-14-22-10-12-23(13-11-22)19(25)21-18-8-6-17(7-9-18)20-16-4-2-1-3-5-16/h1-9,20,24H,10-15H2,(H,21,25). The summed E-state index contributed by atoms with van der Waals surface area (Å²) in [5.74, 6) is 0. The second kappa shape index (κ2) is 8.80. The molecule has 1 aliphatic rings. The van der Waals surface area contributed by atoms with Crippen LogP contribution in [0.15, 0.2) is 54.6 Å². The molecule has 1 saturated heterocycles. The van der Waals surface area contributed by atoms with Crippen LogP contribution in [0.3, 0.4) is 0 Å². The van der Waals surface area contributed by atoms with Gasteiger partial charge in [0.05, 0.1) is 6.61 Å². The summed E-state index contributed by atoms with van der Waals surface area (Å²) in [6, 6.07) is 18.2. The maximum Gasteiger partial charge on any atom is 0.173 e. The normalized spacial score (nSPS) is 15.0. The lowest BCUT2D eigenvalue weighted by Gasteiger charge is -2.35. The van der Waals surface area contributed by atoms with Gasteiger partial charge < -0.3 is 20.6 Å². The van der Waals surface area contributed by atoms with Crippen LogP contribution in [0.25, 0.3) is 0 Å². The Morgan fingerprint density at radius 1 is 0.880 bits per heavy atom. The minimum Gasteiger partial charge on any atom is -0.395 e. The van der Waals surface area contributed by atoms with E-state index in [1.165, 1.54) is 0 Å². The quantitative estimate of drug-likeness (QED) is 0.716. The molecule has 0 spiro atoms. The average molecular weight is 356 g/mol. The van der Waals surface area contributed by atoms with Gasteiger partial charge in [0.2, 0.25) is 0 Å². The molecule has 5 nitrogen and oxygen atoms in total. The Morgan fingerprint density at radius 3 is 2.12 bits per heavy atom. The fourth-order valence-corrected chi connectivity index (χ4v) is 3.14. The Hall–Kier alpha value is -2.15. The van der Waals surface area contributed by atoms with E-state index in [2.05, 4.69) is 20.4 Å². The zero-order chi connectivity index (χ0) is 17.5. The number of hydrogen-bond donors (Lipinski definition) is 3. The van der Waals surface area contributed by atoms with Gasteiger partial charge >= 0.3 is 0 Å².